The van der Waals surface area contributed by atoms with Gasteiger partial charge in [0, 0.05) is 19.5 Å². The van der Waals surface area contributed by atoms with Gasteiger partial charge in [0.2, 0.25) is 0 Å². The number of aromatic nitrogens is 2. The minimum atomic E-state index is -0.482. The van der Waals surface area contributed by atoms with Crippen molar-refractivity contribution in [1.82, 2.24) is 9.55 Å². The molecule has 0 amide bonds. The van der Waals surface area contributed by atoms with Gasteiger partial charge in [-0.05, 0) is 0 Å². The summed E-state index contributed by atoms with van der Waals surface area (Å²) in [4.78, 5) is 15.3. The molecule has 0 aliphatic heterocycles. The van der Waals surface area contributed by atoms with Crippen molar-refractivity contribution in [2.24, 2.45) is 0 Å². The molecule has 0 saturated carbocycles. The molecule has 0 saturated heterocycles. The molecule has 11 heteroatoms. The fraction of sp³-hybridized carbons (Fsp3) is 0.789. The van der Waals surface area contributed by atoms with Crippen molar-refractivity contribution < 1.29 is 42.7 Å². The van der Waals surface area contributed by atoms with E-state index < -0.39 is 6.09 Å². The molecule has 1 rings (SSSR count). The van der Waals surface area contributed by atoms with Gasteiger partial charge >= 0.3 is 6.09 Å². The first-order valence-corrected chi connectivity index (χ1v) is 9.95. The zero-order valence-electron chi connectivity index (χ0n) is 17.7. The molecule has 0 bridgehead atoms. The fourth-order valence-corrected chi connectivity index (χ4v) is 1.97. The van der Waals surface area contributed by atoms with Crippen LogP contribution in [0.4, 0.5) is 4.79 Å². The summed E-state index contributed by atoms with van der Waals surface area (Å²) in [5.74, 6) is 0. The van der Waals surface area contributed by atoms with Gasteiger partial charge in [-0.25, -0.2) is 14.3 Å². The summed E-state index contributed by atoms with van der Waals surface area (Å²) in [6, 6.07) is 0. The Morgan fingerprint density at radius 2 is 1.07 bits per heavy atom. The van der Waals surface area contributed by atoms with E-state index in [1.54, 1.807) is 7.11 Å². The maximum absolute atomic E-state index is 11.5. The van der Waals surface area contributed by atoms with E-state index in [-0.39, 0.29) is 6.61 Å². The van der Waals surface area contributed by atoms with Gasteiger partial charge in [-0.1, -0.05) is 0 Å². The smallest absolute Gasteiger partial charge is 0.419 e. The summed E-state index contributed by atoms with van der Waals surface area (Å²) >= 11 is 0. The number of rotatable bonds is 21. The second-order valence-electron chi connectivity index (χ2n) is 5.75. The molecule has 0 aromatic carbocycles. The predicted octanol–water partition coefficient (Wildman–Crippen LogP) is 0.614. The van der Waals surface area contributed by atoms with Crippen LogP contribution in [-0.4, -0.2) is 115 Å². The van der Waals surface area contributed by atoms with Crippen LogP contribution in [0.2, 0.25) is 0 Å². The van der Waals surface area contributed by atoms with Gasteiger partial charge in [0.05, 0.1) is 85.9 Å². The van der Waals surface area contributed by atoms with Crippen LogP contribution in [0.5, 0.6) is 0 Å². The number of hydrogen-bond donors (Lipinski definition) is 0. The van der Waals surface area contributed by atoms with Crippen molar-refractivity contribution >= 4 is 6.09 Å². The van der Waals surface area contributed by atoms with Gasteiger partial charge in [0.1, 0.15) is 12.9 Å². The first-order chi connectivity index (χ1) is 14.8. The summed E-state index contributed by atoms with van der Waals surface area (Å²) in [5.41, 5.74) is 0. The number of carbonyl (C=O) groups is 1. The van der Waals surface area contributed by atoms with Gasteiger partial charge in [0.15, 0.2) is 0 Å². The fourth-order valence-electron chi connectivity index (χ4n) is 1.97. The third-order valence-corrected chi connectivity index (χ3v) is 3.46. The molecule has 1 heterocycles. The zero-order chi connectivity index (χ0) is 21.5. The maximum Gasteiger partial charge on any atom is 0.419 e. The molecule has 0 unspecified atom stereocenters. The Kier molecular flexibility index (Phi) is 18.2. The second-order valence-corrected chi connectivity index (χ2v) is 5.75. The monoisotopic (exact) mass is 434 g/mol. The van der Waals surface area contributed by atoms with Crippen LogP contribution in [0, 0.1) is 0 Å². The topological polar surface area (TPSA) is 109 Å². The lowest BCUT2D eigenvalue weighted by Crippen LogP contribution is -2.17. The molecule has 11 nitrogen and oxygen atoms in total. The van der Waals surface area contributed by atoms with Crippen LogP contribution in [-0.2, 0) is 37.9 Å². The molecule has 0 fully saturated rings. The molecule has 0 N–H and O–H groups in total. The minimum Gasteiger partial charge on any atom is -0.446 e. The standard InChI is InChI=1S/C19H34N2O9/c1-23-4-5-24-6-7-25-8-9-26-10-11-27-12-13-28-14-15-29-16-17-30-19(22)21-3-2-20-18-21/h2-3,18H,4-17H2,1H3. The van der Waals surface area contributed by atoms with Gasteiger partial charge in [-0.2, -0.15) is 0 Å². The lowest BCUT2D eigenvalue weighted by molar-refractivity contribution is -0.0205. The number of imidazole rings is 1. The Balaban J connectivity index is 1.68. The summed E-state index contributed by atoms with van der Waals surface area (Å²) in [5, 5.41) is 0. The van der Waals surface area contributed by atoms with Gasteiger partial charge in [0.25, 0.3) is 0 Å². The Morgan fingerprint density at radius 1 is 0.667 bits per heavy atom. The van der Waals surface area contributed by atoms with Crippen molar-refractivity contribution in [3.8, 4) is 0 Å². The molecule has 0 aliphatic carbocycles. The molecule has 174 valence electrons. The molecule has 30 heavy (non-hydrogen) atoms. The summed E-state index contributed by atoms with van der Waals surface area (Å²) in [7, 11) is 1.64. The highest BCUT2D eigenvalue weighted by molar-refractivity contribution is 5.69. The van der Waals surface area contributed by atoms with E-state index in [1.165, 1.54) is 23.3 Å². The molecule has 0 atom stereocenters. The lowest BCUT2D eigenvalue weighted by atomic mass is 10.6. The number of methoxy groups -OCH3 is 1. The quantitative estimate of drug-likeness (QED) is 0.255. The average Bonchev–Trinajstić information content (AvgIpc) is 3.30. The number of hydrogen-bond acceptors (Lipinski definition) is 10. The molecular formula is C19H34N2O9. The molecule has 0 aliphatic rings. The summed E-state index contributed by atoms with van der Waals surface area (Å²) in [6.45, 7) is 6.64. The van der Waals surface area contributed by atoms with E-state index in [0.717, 1.165) is 0 Å². The van der Waals surface area contributed by atoms with Gasteiger partial charge in [-0.3, -0.25) is 0 Å². The van der Waals surface area contributed by atoms with E-state index in [4.69, 9.17) is 37.9 Å². The normalized spacial score (nSPS) is 11.1. The number of carbonyl (C=O) groups excluding carboxylic acids is 1. The average molecular weight is 434 g/mol. The minimum absolute atomic E-state index is 0.174. The van der Waals surface area contributed by atoms with Crippen molar-refractivity contribution in [1.29, 1.82) is 0 Å². The molecule has 0 spiro atoms. The van der Waals surface area contributed by atoms with Crippen molar-refractivity contribution in [3.05, 3.63) is 18.7 Å². The Labute approximate surface area is 177 Å². The van der Waals surface area contributed by atoms with E-state index in [9.17, 15) is 4.79 Å². The van der Waals surface area contributed by atoms with Gasteiger partial charge < -0.3 is 37.9 Å². The SMILES string of the molecule is COCCOCCOCCOCCOCCOCCOCCOC(=O)n1ccnc1. The highest BCUT2D eigenvalue weighted by Gasteiger charge is 2.03. The molecule has 1 aromatic heterocycles. The van der Waals surface area contributed by atoms with Crippen LogP contribution in [0.1, 0.15) is 0 Å². The highest BCUT2D eigenvalue weighted by Crippen LogP contribution is 1.90. The van der Waals surface area contributed by atoms with Crippen molar-refractivity contribution in [2.45, 2.75) is 0 Å². The third kappa shape index (κ3) is 16.2. The zero-order valence-corrected chi connectivity index (χ0v) is 17.7. The highest BCUT2D eigenvalue weighted by atomic mass is 16.6. The van der Waals surface area contributed by atoms with E-state index >= 15 is 0 Å². The molecule has 1 aromatic rings. The van der Waals surface area contributed by atoms with Crippen molar-refractivity contribution in [2.75, 3.05) is 99.6 Å². The van der Waals surface area contributed by atoms with Crippen LogP contribution >= 0.6 is 0 Å². The van der Waals surface area contributed by atoms with Gasteiger partial charge in [-0.15, -0.1) is 0 Å². The largest absolute Gasteiger partial charge is 0.446 e. The Bertz CT molecular complexity index is 488. The number of nitrogens with zero attached hydrogens (tertiary/aromatic N) is 2. The Morgan fingerprint density at radius 3 is 1.43 bits per heavy atom. The third-order valence-electron chi connectivity index (χ3n) is 3.46. The predicted molar refractivity (Wildman–Crippen MR) is 106 cm³/mol. The molecule has 0 radical (unpaired) electrons. The number of ether oxygens (including phenoxy) is 8. The van der Waals surface area contributed by atoms with Crippen LogP contribution in [0.25, 0.3) is 0 Å². The van der Waals surface area contributed by atoms with Crippen molar-refractivity contribution in [3.63, 3.8) is 0 Å². The van der Waals surface area contributed by atoms with Crippen LogP contribution < -0.4 is 0 Å². The van der Waals surface area contributed by atoms with Crippen LogP contribution in [0.15, 0.2) is 18.7 Å². The van der Waals surface area contributed by atoms with E-state index in [0.29, 0.717) is 85.9 Å². The van der Waals surface area contributed by atoms with E-state index in [2.05, 4.69) is 4.98 Å². The second kappa shape index (κ2) is 20.7. The maximum atomic E-state index is 11.5. The van der Waals surface area contributed by atoms with E-state index in [1.807, 2.05) is 0 Å². The summed E-state index contributed by atoms with van der Waals surface area (Å²) in [6.07, 6.45) is 3.92. The molecular weight excluding hydrogens is 400 g/mol. The van der Waals surface area contributed by atoms with Crippen LogP contribution in [0.3, 0.4) is 0 Å². The Hall–Kier alpha value is -1.60. The summed E-state index contributed by atoms with van der Waals surface area (Å²) < 4.78 is 43.2. The first-order valence-electron chi connectivity index (χ1n) is 9.95. The first kappa shape index (κ1) is 26.4. The lowest BCUT2D eigenvalue weighted by Gasteiger charge is -2.08.